The van der Waals surface area contributed by atoms with Crippen LogP contribution in [-0.2, 0) is 0 Å². The van der Waals surface area contributed by atoms with Gasteiger partial charge in [0.1, 0.15) is 5.75 Å². The fourth-order valence-electron chi connectivity index (χ4n) is 1.63. The van der Waals surface area contributed by atoms with E-state index in [9.17, 15) is 0 Å². The Morgan fingerprint density at radius 1 is 1.41 bits per heavy atom. The molecule has 1 heterocycles. The van der Waals surface area contributed by atoms with Crippen LogP contribution in [0, 0.1) is 6.92 Å². The van der Waals surface area contributed by atoms with E-state index in [0.29, 0.717) is 0 Å². The molecule has 3 nitrogen and oxygen atoms in total. The summed E-state index contributed by atoms with van der Waals surface area (Å²) in [5.74, 6) is 0.870. The van der Waals surface area contributed by atoms with Crippen LogP contribution in [0.5, 0.6) is 5.75 Å². The minimum Gasteiger partial charge on any atom is -0.497 e. The monoisotopic (exact) mass is 248 g/mol. The van der Waals surface area contributed by atoms with Gasteiger partial charge in [0.05, 0.1) is 18.7 Å². The van der Waals surface area contributed by atoms with Gasteiger partial charge in [-0.3, -0.25) is 4.98 Å². The average molecular weight is 248 g/mol. The average Bonchev–Trinajstić information content (AvgIpc) is 2.85. The van der Waals surface area contributed by atoms with Crippen molar-refractivity contribution in [2.24, 2.45) is 0 Å². The molecule has 0 aliphatic carbocycles. The zero-order chi connectivity index (χ0) is 12.3. The topological polar surface area (TPSA) is 34.1 Å². The Morgan fingerprint density at radius 3 is 2.88 bits per heavy atom. The van der Waals surface area contributed by atoms with Crippen LogP contribution in [0.25, 0.3) is 0 Å². The highest BCUT2D eigenvalue weighted by Crippen LogP contribution is 2.27. The molecule has 0 spiro atoms. The second-order valence-corrected chi connectivity index (χ2v) is 4.87. The summed E-state index contributed by atoms with van der Waals surface area (Å²) in [4.78, 5) is 5.32. The molecular formula is C13H16N2OS. The lowest BCUT2D eigenvalue weighted by atomic mass is 10.1. The standard InChI is InChI=1S/C13H16N2OS/c1-9-4-5-11(16-3)6-12(9)15-10(2)13-7-14-8-17-13/h4-8,10,15H,1-3H3. The fraction of sp³-hybridized carbons (Fsp3) is 0.308. The lowest BCUT2D eigenvalue weighted by Gasteiger charge is -2.16. The van der Waals surface area contributed by atoms with Crippen molar-refractivity contribution in [1.82, 2.24) is 4.98 Å². The number of hydrogen-bond donors (Lipinski definition) is 1. The molecule has 4 heteroatoms. The van der Waals surface area contributed by atoms with Gasteiger partial charge in [-0.05, 0) is 25.5 Å². The number of anilines is 1. The van der Waals surface area contributed by atoms with Gasteiger partial charge in [-0.2, -0.15) is 0 Å². The minimum absolute atomic E-state index is 0.258. The van der Waals surface area contributed by atoms with Crippen molar-refractivity contribution in [1.29, 1.82) is 0 Å². The highest BCUT2D eigenvalue weighted by Gasteiger charge is 2.08. The van der Waals surface area contributed by atoms with Gasteiger partial charge in [-0.1, -0.05) is 6.07 Å². The molecule has 0 bridgehead atoms. The first kappa shape index (κ1) is 11.9. The summed E-state index contributed by atoms with van der Waals surface area (Å²) in [6, 6.07) is 6.30. The molecule has 1 N–H and O–H groups in total. The van der Waals surface area contributed by atoms with Crippen LogP contribution in [0.2, 0.25) is 0 Å². The van der Waals surface area contributed by atoms with Gasteiger partial charge in [-0.15, -0.1) is 11.3 Å². The van der Waals surface area contributed by atoms with Crippen molar-refractivity contribution >= 4 is 17.0 Å². The van der Waals surface area contributed by atoms with Gasteiger partial charge in [0.15, 0.2) is 0 Å². The summed E-state index contributed by atoms with van der Waals surface area (Å²) >= 11 is 1.66. The quantitative estimate of drug-likeness (QED) is 0.897. The first-order valence-electron chi connectivity index (χ1n) is 5.50. The molecule has 2 rings (SSSR count). The van der Waals surface area contributed by atoms with E-state index in [2.05, 4.69) is 30.2 Å². The number of hydrogen-bond acceptors (Lipinski definition) is 4. The van der Waals surface area contributed by atoms with E-state index in [0.717, 1.165) is 11.4 Å². The van der Waals surface area contributed by atoms with Gasteiger partial charge >= 0.3 is 0 Å². The number of ether oxygens (including phenoxy) is 1. The Balaban J connectivity index is 2.18. The zero-order valence-corrected chi connectivity index (χ0v) is 11.0. The number of rotatable bonds is 4. The number of methoxy groups -OCH3 is 1. The van der Waals surface area contributed by atoms with Gasteiger partial charge in [0.25, 0.3) is 0 Å². The number of thiazole rings is 1. The van der Waals surface area contributed by atoms with E-state index in [1.54, 1.807) is 18.4 Å². The highest BCUT2D eigenvalue weighted by atomic mass is 32.1. The maximum Gasteiger partial charge on any atom is 0.120 e. The smallest absolute Gasteiger partial charge is 0.120 e. The van der Waals surface area contributed by atoms with Crippen LogP contribution in [0.1, 0.15) is 23.4 Å². The molecule has 17 heavy (non-hydrogen) atoms. The highest BCUT2D eigenvalue weighted by molar-refractivity contribution is 7.09. The van der Waals surface area contributed by atoms with E-state index in [4.69, 9.17) is 4.74 Å². The number of aromatic nitrogens is 1. The van der Waals surface area contributed by atoms with E-state index in [-0.39, 0.29) is 6.04 Å². The fourth-order valence-corrected chi connectivity index (χ4v) is 2.26. The lowest BCUT2D eigenvalue weighted by Crippen LogP contribution is -2.06. The van der Waals surface area contributed by atoms with Crippen LogP contribution in [0.15, 0.2) is 29.9 Å². The maximum absolute atomic E-state index is 5.23. The summed E-state index contributed by atoms with van der Waals surface area (Å²) in [5.41, 5.74) is 4.17. The third-order valence-corrected chi connectivity index (χ3v) is 3.65. The van der Waals surface area contributed by atoms with Crippen molar-refractivity contribution in [3.8, 4) is 5.75 Å². The Bertz CT molecular complexity index is 482. The first-order valence-corrected chi connectivity index (χ1v) is 6.38. The van der Waals surface area contributed by atoms with E-state index < -0.39 is 0 Å². The van der Waals surface area contributed by atoms with Gasteiger partial charge in [0, 0.05) is 22.8 Å². The van der Waals surface area contributed by atoms with E-state index in [1.165, 1.54) is 10.4 Å². The van der Waals surface area contributed by atoms with Crippen LogP contribution in [-0.4, -0.2) is 12.1 Å². The molecule has 1 aromatic carbocycles. The molecule has 0 saturated carbocycles. The summed E-state index contributed by atoms with van der Waals surface area (Å²) in [6.45, 7) is 4.22. The third-order valence-electron chi connectivity index (χ3n) is 2.69. The minimum atomic E-state index is 0.258. The largest absolute Gasteiger partial charge is 0.497 e. The SMILES string of the molecule is COc1ccc(C)c(NC(C)c2cncs2)c1. The molecule has 1 aromatic heterocycles. The number of nitrogens with zero attached hydrogens (tertiary/aromatic N) is 1. The van der Waals surface area contributed by atoms with Gasteiger partial charge in [-0.25, -0.2) is 0 Å². The zero-order valence-electron chi connectivity index (χ0n) is 10.2. The molecule has 0 aliphatic heterocycles. The van der Waals surface area contributed by atoms with Crippen LogP contribution in [0.3, 0.4) is 0 Å². The predicted octanol–water partition coefficient (Wildman–Crippen LogP) is 3.63. The second kappa shape index (κ2) is 5.19. The molecule has 1 atom stereocenters. The molecular weight excluding hydrogens is 232 g/mol. The number of aryl methyl sites for hydroxylation is 1. The Labute approximate surface area is 105 Å². The summed E-state index contributed by atoms with van der Waals surface area (Å²) in [6.07, 6.45) is 1.90. The van der Waals surface area contributed by atoms with Crippen molar-refractivity contribution in [2.75, 3.05) is 12.4 Å². The van der Waals surface area contributed by atoms with Gasteiger partial charge in [0.2, 0.25) is 0 Å². The molecule has 0 amide bonds. The molecule has 0 aliphatic rings. The van der Waals surface area contributed by atoms with Crippen molar-refractivity contribution in [3.63, 3.8) is 0 Å². The molecule has 1 unspecified atom stereocenters. The normalized spacial score (nSPS) is 12.2. The van der Waals surface area contributed by atoms with Crippen LogP contribution >= 0.6 is 11.3 Å². The van der Waals surface area contributed by atoms with Crippen LogP contribution in [0.4, 0.5) is 5.69 Å². The second-order valence-electron chi connectivity index (χ2n) is 3.95. The summed E-state index contributed by atoms with van der Waals surface area (Å²) in [7, 11) is 1.68. The number of benzene rings is 1. The number of nitrogens with one attached hydrogen (secondary N) is 1. The van der Waals surface area contributed by atoms with Gasteiger partial charge < -0.3 is 10.1 Å². The molecule has 0 fully saturated rings. The molecule has 90 valence electrons. The summed E-state index contributed by atoms with van der Waals surface area (Å²) < 4.78 is 5.23. The molecule has 2 aromatic rings. The molecule has 0 saturated heterocycles. The Hall–Kier alpha value is -1.55. The van der Waals surface area contributed by atoms with Crippen molar-refractivity contribution < 1.29 is 4.74 Å². The van der Waals surface area contributed by atoms with Crippen molar-refractivity contribution in [2.45, 2.75) is 19.9 Å². The summed E-state index contributed by atoms with van der Waals surface area (Å²) in [5, 5.41) is 3.48. The molecule has 0 radical (unpaired) electrons. The Kier molecular flexibility index (Phi) is 3.64. The maximum atomic E-state index is 5.23. The Morgan fingerprint density at radius 2 is 2.24 bits per heavy atom. The van der Waals surface area contributed by atoms with E-state index >= 15 is 0 Å². The third kappa shape index (κ3) is 2.77. The predicted molar refractivity (Wildman–Crippen MR) is 71.9 cm³/mol. The van der Waals surface area contributed by atoms with E-state index in [1.807, 2.05) is 23.8 Å². The lowest BCUT2D eigenvalue weighted by molar-refractivity contribution is 0.415. The first-order chi connectivity index (χ1) is 8.20. The van der Waals surface area contributed by atoms with Crippen LogP contribution < -0.4 is 10.1 Å². The van der Waals surface area contributed by atoms with Crippen molar-refractivity contribution in [3.05, 3.63) is 40.3 Å².